The van der Waals surface area contributed by atoms with Gasteiger partial charge in [0, 0.05) is 28.1 Å². The quantitative estimate of drug-likeness (QED) is 0.808. The number of hydrogen-bond donors (Lipinski definition) is 1. The monoisotopic (exact) mass is 392 g/mol. The number of aryl methyl sites for hydroxylation is 1. The fourth-order valence-corrected chi connectivity index (χ4v) is 2.90. The van der Waals surface area contributed by atoms with Crippen LogP contribution < -0.4 is 4.72 Å². The molecule has 0 spiro atoms. The molecular formula is C11H13IN4O2S. The Labute approximate surface area is 125 Å². The van der Waals surface area contributed by atoms with E-state index in [1.54, 1.807) is 10.9 Å². The molecule has 0 aromatic carbocycles. The van der Waals surface area contributed by atoms with Crippen molar-refractivity contribution in [2.45, 2.75) is 25.3 Å². The molecule has 1 N–H and O–H groups in total. The van der Waals surface area contributed by atoms with Gasteiger partial charge < -0.3 is 0 Å². The van der Waals surface area contributed by atoms with E-state index in [0.717, 1.165) is 9.13 Å². The second-order valence-electron chi connectivity index (χ2n) is 3.90. The van der Waals surface area contributed by atoms with Gasteiger partial charge in [-0.15, -0.1) is 0 Å². The first-order valence-electron chi connectivity index (χ1n) is 5.60. The molecule has 6 nitrogen and oxygen atoms in total. The van der Waals surface area contributed by atoms with Gasteiger partial charge in [-0.25, -0.2) is 13.4 Å². The van der Waals surface area contributed by atoms with Crippen molar-refractivity contribution in [2.75, 3.05) is 4.72 Å². The third kappa shape index (κ3) is 3.06. The van der Waals surface area contributed by atoms with Crippen molar-refractivity contribution >= 4 is 38.4 Å². The molecule has 0 fully saturated rings. The lowest BCUT2D eigenvalue weighted by Gasteiger charge is -2.08. The summed E-state index contributed by atoms with van der Waals surface area (Å²) in [6, 6.07) is 1.82. The second kappa shape index (κ2) is 5.45. The number of hydrogen-bond acceptors (Lipinski definition) is 4. The average Bonchev–Trinajstić information content (AvgIpc) is 2.84. The lowest BCUT2D eigenvalue weighted by Crippen LogP contribution is -2.14. The molecule has 2 aromatic heterocycles. The van der Waals surface area contributed by atoms with Gasteiger partial charge in [0.05, 0.1) is 6.20 Å². The number of pyridine rings is 1. The molecule has 0 unspecified atom stereocenters. The Morgan fingerprint density at radius 3 is 2.84 bits per heavy atom. The molecular weight excluding hydrogens is 379 g/mol. The lowest BCUT2D eigenvalue weighted by molar-refractivity contribution is 0.600. The maximum Gasteiger partial charge on any atom is 0.266 e. The van der Waals surface area contributed by atoms with Crippen molar-refractivity contribution in [2.24, 2.45) is 0 Å². The molecule has 19 heavy (non-hydrogen) atoms. The molecule has 0 radical (unpaired) electrons. The third-order valence-electron chi connectivity index (χ3n) is 2.61. The summed E-state index contributed by atoms with van der Waals surface area (Å²) in [5.74, 6) is 0.344. The normalized spacial score (nSPS) is 11.5. The average molecular weight is 392 g/mol. The van der Waals surface area contributed by atoms with Crippen LogP contribution in [0.1, 0.15) is 12.5 Å². The smallest absolute Gasteiger partial charge is 0.266 e. The SMILES string of the molecule is CCn1cc(S(=O)(=O)Nc2nccc(I)c2C)cn1. The van der Waals surface area contributed by atoms with Crippen LogP contribution in [0.15, 0.2) is 29.6 Å². The zero-order valence-corrected chi connectivity index (χ0v) is 13.4. The minimum absolute atomic E-state index is 0.134. The van der Waals surface area contributed by atoms with Crippen LogP contribution in [0.4, 0.5) is 5.82 Å². The Hall–Kier alpha value is -1.16. The molecule has 0 aliphatic heterocycles. The molecule has 0 aliphatic rings. The summed E-state index contributed by atoms with van der Waals surface area (Å²) in [6.07, 6.45) is 4.39. The zero-order chi connectivity index (χ0) is 14.0. The van der Waals surface area contributed by atoms with E-state index in [1.807, 2.05) is 19.9 Å². The number of nitrogens with one attached hydrogen (secondary N) is 1. The van der Waals surface area contributed by atoms with Crippen LogP contribution in [0.25, 0.3) is 0 Å². The second-order valence-corrected chi connectivity index (χ2v) is 6.75. The van der Waals surface area contributed by atoms with Gasteiger partial charge in [0.25, 0.3) is 10.0 Å². The predicted molar refractivity (Wildman–Crippen MR) is 80.4 cm³/mol. The molecule has 0 atom stereocenters. The fraction of sp³-hybridized carbons (Fsp3) is 0.273. The number of anilines is 1. The van der Waals surface area contributed by atoms with Crippen molar-refractivity contribution in [3.63, 3.8) is 0 Å². The van der Waals surface area contributed by atoms with Gasteiger partial charge in [-0.2, -0.15) is 5.10 Å². The Kier molecular flexibility index (Phi) is 4.09. The maximum absolute atomic E-state index is 12.2. The number of sulfonamides is 1. The molecule has 0 amide bonds. The first kappa shape index (κ1) is 14.3. The van der Waals surface area contributed by atoms with Crippen molar-refractivity contribution in [1.29, 1.82) is 0 Å². The van der Waals surface area contributed by atoms with Crippen LogP contribution in [-0.4, -0.2) is 23.2 Å². The van der Waals surface area contributed by atoms with Crippen LogP contribution in [0.2, 0.25) is 0 Å². The lowest BCUT2D eigenvalue weighted by atomic mass is 10.3. The van der Waals surface area contributed by atoms with Gasteiger partial charge in [-0.1, -0.05) is 0 Å². The molecule has 0 saturated heterocycles. The van der Waals surface area contributed by atoms with E-state index in [2.05, 4.69) is 37.4 Å². The van der Waals surface area contributed by atoms with Crippen molar-refractivity contribution in [1.82, 2.24) is 14.8 Å². The van der Waals surface area contributed by atoms with Crippen LogP contribution in [0.5, 0.6) is 0 Å². The van der Waals surface area contributed by atoms with Gasteiger partial charge in [0.15, 0.2) is 0 Å². The summed E-state index contributed by atoms with van der Waals surface area (Å²) >= 11 is 2.14. The van der Waals surface area contributed by atoms with E-state index in [-0.39, 0.29) is 4.90 Å². The Bertz CT molecular complexity index is 696. The molecule has 2 rings (SSSR count). The van der Waals surface area contributed by atoms with E-state index in [0.29, 0.717) is 12.4 Å². The zero-order valence-electron chi connectivity index (χ0n) is 10.5. The number of rotatable bonds is 4. The summed E-state index contributed by atoms with van der Waals surface area (Å²) in [6.45, 7) is 4.33. The van der Waals surface area contributed by atoms with E-state index in [4.69, 9.17) is 0 Å². The molecule has 2 aromatic rings. The summed E-state index contributed by atoms with van der Waals surface area (Å²) in [5, 5.41) is 3.96. The van der Waals surface area contributed by atoms with Crippen molar-refractivity contribution < 1.29 is 8.42 Å². The Morgan fingerprint density at radius 2 is 2.21 bits per heavy atom. The van der Waals surface area contributed by atoms with E-state index in [1.165, 1.54) is 12.4 Å². The summed E-state index contributed by atoms with van der Waals surface area (Å²) in [4.78, 5) is 4.19. The summed E-state index contributed by atoms with van der Waals surface area (Å²) < 4.78 is 29.4. The molecule has 0 aliphatic carbocycles. The highest BCUT2D eigenvalue weighted by molar-refractivity contribution is 14.1. The van der Waals surface area contributed by atoms with Crippen LogP contribution in [0, 0.1) is 10.5 Å². The fourth-order valence-electron chi connectivity index (χ4n) is 1.46. The van der Waals surface area contributed by atoms with E-state index < -0.39 is 10.0 Å². The molecule has 8 heteroatoms. The third-order valence-corrected chi connectivity index (χ3v) is 5.07. The van der Waals surface area contributed by atoms with Gasteiger partial charge in [-0.05, 0) is 42.5 Å². The standard InChI is InChI=1S/C11H13IN4O2S/c1-3-16-7-9(6-14-16)19(17,18)15-11-8(2)10(12)4-5-13-11/h4-7H,3H2,1-2H3,(H,13,15). The van der Waals surface area contributed by atoms with Gasteiger partial charge >= 0.3 is 0 Å². The minimum atomic E-state index is -3.64. The molecule has 2 heterocycles. The van der Waals surface area contributed by atoms with Crippen LogP contribution in [-0.2, 0) is 16.6 Å². The topological polar surface area (TPSA) is 76.9 Å². The van der Waals surface area contributed by atoms with Gasteiger partial charge in [0.1, 0.15) is 10.7 Å². The Morgan fingerprint density at radius 1 is 1.47 bits per heavy atom. The van der Waals surface area contributed by atoms with Crippen molar-refractivity contribution in [3.05, 3.63) is 33.8 Å². The highest BCUT2D eigenvalue weighted by Gasteiger charge is 2.18. The number of halogens is 1. The Balaban J connectivity index is 2.33. The summed E-state index contributed by atoms with van der Waals surface area (Å²) in [7, 11) is -3.64. The molecule has 0 saturated carbocycles. The largest absolute Gasteiger partial charge is 0.272 e. The highest BCUT2D eigenvalue weighted by atomic mass is 127. The van der Waals surface area contributed by atoms with Crippen molar-refractivity contribution in [3.8, 4) is 0 Å². The highest BCUT2D eigenvalue weighted by Crippen LogP contribution is 2.20. The first-order valence-corrected chi connectivity index (χ1v) is 8.16. The number of aromatic nitrogens is 3. The van der Waals surface area contributed by atoms with Crippen LogP contribution >= 0.6 is 22.6 Å². The van der Waals surface area contributed by atoms with Gasteiger partial charge in [0.2, 0.25) is 0 Å². The minimum Gasteiger partial charge on any atom is -0.272 e. The molecule has 0 bridgehead atoms. The number of nitrogens with zero attached hydrogens (tertiary/aromatic N) is 3. The maximum atomic E-state index is 12.2. The van der Waals surface area contributed by atoms with E-state index in [9.17, 15) is 8.42 Å². The predicted octanol–water partition coefficient (Wildman–Crippen LogP) is 2.01. The summed E-state index contributed by atoms with van der Waals surface area (Å²) in [5.41, 5.74) is 0.801. The van der Waals surface area contributed by atoms with Crippen LogP contribution in [0.3, 0.4) is 0 Å². The first-order chi connectivity index (χ1) is 8.94. The van der Waals surface area contributed by atoms with E-state index >= 15 is 0 Å². The molecule has 102 valence electrons. The van der Waals surface area contributed by atoms with Gasteiger partial charge in [-0.3, -0.25) is 9.40 Å².